The molecule has 2 rings (SSSR count). The van der Waals surface area contributed by atoms with Gasteiger partial charge in [0.1, 0.15) is 0 Å². The van der Waals surface area contributed by atoms with E-state index < -0.39 is 0 Å². The molecule has 13 heavy (non-hydrogen) atoms. The van der Waals surface area contributed by atoms with Crippen LogP contribution in [0.3, 0.4) is 0 Å². The zero-order valence-electron chi connectivity index (χ0n) is 7.96. The molecule has 0 atom stereocenters. The fraction of sp³-hybridized carbons (Fsp3) is 0.231. The number of hydrogen-bond donors (Lipinski definition) is 0. The summed E-state index contributed by atoms with van der Waals surface area (Å²) in [7, 11) is 0. The van der Waals surface area contributed by atoms with E-state index in [2.05, 4.69) is 49.4 Å². The Morgan fingerprint density at radius 1 is 1.15 bits per heavy atom. The number of rotatable bonds is 1. The Labute approximate surface area is 79.6 Å². The van der Waals surface area contributed by atoms with Crippen LogP contribution in [0.5, 0.6) is 0 Å². The third-order valence-corrected chi connectivity index (χ3v) is 2.47. The lowest BCUT2D eigenvalue weighted by Crippen LogP contribution is -1.88. The van der Waals surface area contributed by atoms with Crippen LogP contribution in [-0.2, 0) is 6.42 Å². The third kappa shape index (κ3) is 1.57. The molecule has 0 nitrogen and oxygen atoms in total. The first kappa shape index (κ1) is 8.31. The van der Waals surface area contributed by atoms with Crippen molar-refractivity contribution in [2.45, 2.75) is 19.8 Å². The SMILES string of the molecule is CCc1cccc2c1C=CCC=C2. The highest BCUT2D eigenvalue weighted by atomic mass is 14.1. The van der Waals surface area contributed by atoms with Gasteiger partial charge in [0.15, 0.2) is 0 Å². The summed E-state index contributed by atoms with van der Waals surface area (Å²) < 4.78 is 0. The summed E-state index contributed by atoms with van der Waals surface area (Å²) in [6.07, 6.45) is 11.1. The average molecular weight is 170 g/mol. The summed E-state index contributed by atoms with van der Waals surface area (Å²) >= 11 is 0. The first-order chi connectivity index (χ1) is 6.42. The van der Waals surface area contributed by atoms with Crippen molar-refractivity contribution in [1.29, 1.82) is 0 Å². The van der Waals surface area contributed by atoms with Crippen molar-refractivity contribution < 1.29 is 0 Å². The van der Waals surface area contributed by atoms with Gasteiger partial charge >= 0.3 is 0 Å². The summed E-state index contributed by atoms with van der Waals surface area (Å²) in [5, 5.41) is 0. The number of aryl methyl sites for hydroxylation is 1. The Balaban J connectivity index is 2.59. The Morgan fingerprint density at radius 3 is 2.85 bits per heavy atom. The standard InChI is InChI=1S/C13H14/c1-2-11-8-6-9-12-7-4-3-5-10-13(11)12/h4-10H,2-3H2,1H3. The van der Waals surface area contributed by atoms with Crippen molar-refractivity contribution in [1.82, 2.24) is 0 Å². The van der Waals surface area contributed by atoms with Crippen LogP contribution in [0.2, 0.25) is 0 Å². The van der Waals surface area contributed by atoms with Crippen LogP contribution in [0.15, 0.2) is 30.4 Å². The predicted octanol–water partition coefficient (Wildman–Crippen LogP) is 3.68. The topological polar surface area (TPSA) is 0 Å². The van der Waals surface area contributed by atoms with Gasteiger partial charge in [0.25, 0.3) is 0 Å². The van der Waals surface area contributed by atoms with Gasteiger partial charge in [0, 0.05) is 0 Å². The highest BCUT2D eigenvalue weighted by molar-refractivity contribution is 5.69. The Bertz CT molecular complexity index is 356. The quantitative estimate of drug-likeness (QED) is 0.603. The summed E-state index contributed by atoms with van der Waals surface area (Å²) in [4.78, 5) is 0. The van der Waals surface area contributed by atoms with Gasteiger partial charge in [-0.1, -0.05) is 49.4 Å². The number of benzene rings is 1. The number of hydrogen-bond acceptors (Lipinski definition) is 0. The second kappa shape index (κ2) is 3.61. The van der Waals surface area contributed by atoms with Crippen LogP contribution >= 0.6 is 0 Å². The van der Waals surface area contributed by atoms with Crippen LogP contribution in [0, 0.1) is 0 Å². The summed E-state index contributed by atoms with van der Waals surface area (Å²) in [5.41, 5.74) is 4.20. The Kier molecular flexibility index (Phi) is 2.31. The smallest absolute Gasteiger partial charge is 0.0155 e. The van der Waals surface area contributed by atoms with Crippen molar-refractivity contribution in [2.75, 3.05) is 0 Å². The lowest BCUT2D eigenvalue weighted by Gasteiger charge is -2.05. The average Bonchev–Trinajstić information content (AvgIpc) is 2.41. The second-order valence-electron chi connectivity index (χ2n) is 3.31. The fourth-order valence-electron chi connectivity index (χ4n) is 1.75. The normalized spacial score (nSPS) is 13.9. The molecule has 0 saturated carbocycles. The van der Waals surface area contributed by atoms with Gasteiger partial charge in [0.05, 0.1) is 0 Å². The van der Waals surface area contributed by atoms with Gasteiger partial charge in [-0.05, 0) is 29.5 Å². The molecule has 1 aromatic rings. The van der Waals surface area contributed by atoms with Crippen molar-refractivity contribution in [3.05, 3.63) is 47.0 Å². The fourth-order valence-corrected chi connectivity index (χ4v) is 1.75. The predicted molar refractivity (Wildman–Crippen MR) is 58.5 cm³/mol. The third-order valence-electron chi connectivity index (χ3n) is 2.47. The molecule has 0 spiro atoms. The molecule has 0 aromatic heterocycles. The monoisotopic (exact) mass is 170 g/mol. The van der Waals surface area contributed by atoms with E-state index in [1.807, 2.05) is 0 Å². The molecular weight excluding hydrogens is 156 g/mol. The van der Waals surface area contributed by atoms with E-state index in [0.29, 0.717) is 0 Å². The molecule has 0 bridgehead atoms. The van der Waals surface area contributed by atoms with E-state index in [1.54, 1.807) is 0 Å². The Morgan fingerprint density at radius 2 is 2.00 bits per heavy atom. The first-order valence-corrected chi connectivity index (χ1v) is 4.87. The van der Waals surface area contributed by atoms with Crippen LogP contribution in [0.25, 0.3) is 12.2 Å². The summed E-state index contributed by atoms with van der Waals surface area (Å²) in [5.74, 6) is 0. The van der Waals surface area contributed by atoms with Gasteiger partial charge < -0.3 is 0 Å². The molecule has 0 amide bonds. The molecule has 0 fully saturated rings. The maximum absolute atomic E-state index is 2.24. The van der Waals surface area contributed by atoms with E-state index in [4.69, 9.17) is 0 Å². The van der Waals surface area contributed by atoms with Crippen LogP contribution in [0.1, 0.15) is 30.0 Å². The molecule has 0 N–H and O–H groups in total. The van der Waals surface area contributed by atoms with Crippen LogP contribution in [-0.4, -0.2) is 0 Å². The van der Waals surface area contributed by atoms with Crippen molar-refractivity contribution in [3.63, 3.8) is 0 Å². The zero-order chi connectivity index (χ0) is 9.10. The second-order valence-corrected chi connectivity index (χ2v) is 3.31. The highest BCUT2D eigenvalue weighted by Crippen LogP contribution is 2.21. The summed E-state index contributed by atoms with van der Waals surface area (Å²) in [6.45, 7) is 2.21. The maximum Gasteiger partial charge on any atom is -0.0155 e. The lowest BCUT2D eigenvalue weighted by atomic mass is 9.99. The largest absolute Gasteiger partial charge is 0.0801 e. The van der Waals surface area contributed by atoms with Crippen molar-refractivity contribution in [3.8, 4) is 0 Å². The lowest BCUT2D eigenvalue weighted by molar-refractivity contribution is 1.13. The highest BCUT2D eigenvalue weighted by Gasteiger charge is 2.02. The van der Waals surface area contributed by atoms with Gasteiger partial charge in [-0.15, -0.1) is 0 Å². The molecular formula is C13H14. The zero-order valence-corrected chi connectivity index (χ0v) is 7.96. The maximum atomic E-state index is 2.24. The number of fused-ring (bicyclic) bond motifs is 1. The van der Waals surface area contributed by atoms with E-state index in [-0.39, 0.29) is 0 Å². The molecule has 1 aliphatic rings. The van der Waals surface area contributed by atoms with E-state index in [0.717, 1.165) is 12.8 Å². The van der Waals surface area contributed by atoms with E-state index in [9.17, 15) is 0 Å². The molecule has 0 radical (unpaired) electrons. The number of allylic oxidation sites excluding steroid dienone is 2. The molecule has 0 saturated heterocycles. The van der Waals surface area contributed by atoms with Gasteiger partial charge in [0.2, 0.25) is 0 Å². The van der Waals surface area contributed by atoms with Crippen LogP contribution < -0.4 is 0 Å². The summed E-state index contributed by atoms with van der Waals surface area (Å²) in [6, 6.07) is 6.53. The van der Waals surface area contributed by atoms with Crippen molar-refractivity contribution >= 4 is 12.2 Å². The Hall–Kier alpha value is -1.30. The minimum Gasteiger partial charge on any atom is -0.0801 e. The van der Waals surface area contributed by atoms with E-state index in [1.165, 1.54) is 16.7 Å². The van der Waals surface area contributed by atoms with Crippen LogP contribution in [0.4, 0.5) is 0 Å². The van der Waals surface area contributed by atoms with Gasteiger partial charge in [-0.2, -0.15) is 0 Å². The van der Waals surface area contributed by atoms with E-state index >= 15 is 0 Å². The molecule has 0 heteroatoms. The minimum atomic E-state index is 1.05. The first-order valence-electron chi connectivity index (χ1n) is 4.87. The molecule has 0 unspecified atom stereocenters. The molecule has 66 valence electrons. The molecule has 0 heterocycles. The van der Waals surface area contributed by atoms with Gasteiger partial charge in [-0.25, -0.2) is 0 Å². The molecule has 1 aliphatic carbocycles. The van der Waals surface area contributed by atoms with Gasteiger partial charge in [-0.3, -0.25) is 0 Å². The molecule has 1 aromatic carbocycles. The van der Waals surface area contributed by atoms with Crippen molar-refractivity contribution in [2.24, 2.45) is 0 Å². The molecule has 0 aliphatic heterocycles. The minimum absolute atomic E-state index is 1.05.